The Bertz CT molecular complexity index is 1180. The molecule has 2 aliphatic rings. The third-order valence-electron chi connectivity index (χ3n) is 6.42. The molecule has 0 aliphatic carbocycles. The molecule has 154 valence electrons. The van der Waals surface area contributed by atoms with E-state index in [0.717, 1.165) is 45.7 Å². The molecule has 2 amide bonds. The number of carbonyl (C=O) groups is 2. The zero-order valence-corrected chi connectivity index (χ0v) is 18.1. The van der Waals surface area contributed by atoms with Crippen LogP contribution in [0.5, 0.6) is 0 Å². The number of hydrogen-bond acceptors (Lipinski definition) is 3. The van der Waals surface area contributed by atoms with E-state index < -0.39 is 6.04 Å². The number of nitrogens with zero attached hydrogens (tertiary/aromatic N) is 2. The van der Waals surface area contributed by atoms with Crippen LogP contribution in [0.2, 0.25) is 5.02 Å². The molecule has 30 heavy (non-hydrogen) atoms. The maximum absolute atomic E-state index is 13.3. The summed E-state index contributed by atoms with van der Waals surface area (Å²) in [6.07, 6.45) is 1.04. The van der Waals surface area contributed by atoms with E-state index in [4.69, 9.17) is 11.6 Å². The van der Waals surface area contributed by atoms with Gasteiger partial charge in [-0.2, -0.15) is 0 Å². The van der Waals surface area contributed by atoms with Gasteiger partial charge < -0.3 is 4.98 Å². The van der Waals surface area contributed by atoms with Gasteiger partial charge in [0.15, 0.2) is 0 Å². The molecular weight excluding hydrogens is 398 g/mol. The number of amides is 2. The van der Waals surface area contributed by atoms with E-state index >= 15 is 0 Å². The van der Waals surface area contributed by atoms with Crippen LogP contribution < -0.4 is 4.90 Å². The summed E-state index contributed by atoms with van der Waals surface area (Å²) in [6, 6.07) is 11.3. The number of aromatic amines is 1. The number of rotatable bonds is 2. The Morgan fingerprint density at radius 3 is 2.53 bits per heavy atom. The number of benzene rings is 2. The molecule has 0 spiro atoms. The fourth-order valence-corrected chi connectivity index (χ4v) is 5.29. The van der Waals surface area contributed by atoms with Crippen molar-refractivity contribution in [3.63, 3.8) is 0 Å². The number of carbonyl (C=O) groups excluding carboxylic acids is 2. The summed E-state index contributed by atoms with van der Waals surface area (Å²) in [7, 11) is 0. The zero-order valence-electron chi connectivity index (χ0n) is 17.3. The summed E-state index contributed by atoms with van der Waals surface area (Å²) >= 11 is 6.21. The van der Waals surface area contributed by atoms with Crippen molar-refractivity contribution in [3.8, 4) is 0 Å². The second kappa shape index (κ2) is 6.96. The minimum absolute atomic E-state index is 0.0147. The van der Waals surface area contributed by atoms with Crippen LogP contribution in [-0.2, 0) is 16.0 Å². The van der Waals surface area contributed by atoms with Crippen molar-refractivity contribution in [2.75, 3.05) is 11.4 Å². The van der Waals surface area contributed by atoms with Crippen molar-refractivity contribution >= 4 is 40.0 Å². The number of hydrogen-bond donors (Lipinski definition) is 1. The SMILES string of the molecule is Cc1cc(C)cc(N2C(=O)CC(N3CCc4c([nH]c5ccc(Cl)cc45)C3C)C2=O)c1. The van der Waals surface area contributed by atoms with Crippen molar-refractivity contribution in [2.45, 2.75) is 45.7 Å². The summed E-state index contributed by atoms with van der Waals surface area (Å²) in [5.41, 5.74) is 6.20. The summed E-state index contributed by atoms with van der Waals surface area (Å²) in [4.78, 5) is 33.3. The Kier molecular flexibility index (Phi) is 4.49. The average molecular weight is 422 g/mol. The predicted octanol–water partition coefficient (Wildman–Crippen LogP) is 4.69. The Morgan fingerprint density at radius 2 is 1.80 bits per heavy atom. The Hall–Kier alpha value is -2.63. The molecule has 2 aromatic carbocycles. The highest BCUT2D eigenvalue weighted by molar-refractivity contribution is 6.31. The van der Waals surface area contributed by atoms with E-state index in [1.165, 1.54) is 10.5 Å². The molecular formula is C24H24ClN3O2. The number of halogens is 1. The lowest BCUT2D eigenvalue weighted by Gasteiger charge is -2.36. The average Bonchev–Trinajstić information content (AvgIpc) is 3.19. The van der Waals surface area contributed by atoms with Gasteiger partial charge in [-0.15, -0.1) is 0 Å². The van der Waals surface area contributed by atoms with Gasteiger partial charge in [0.25, 0.3) is 5.91 Å². The third-order valence-corrected chi connectivity index (χ3v) is 6.66. The Balaban J connectivity index is 1.47. The number of nitrogens with one attached hydrogen (secondary N) is 1. The minimum atomic E-state index is -0.434. The van der Waals surface area contributed by atoms with Gasteiger partial charge in [0.2, 0.25) is 5.91 Å². The summed E-state index contributed by atoms with van der Waals surface area (Å²) < 4.78 is 0. The van der Waals surface area contributed by atoms with Crippen LogP contribution in [0.25, 0.3) is 10.9 Å². The molecule has 3 aromatic rings. The van der Waals surface area contributed by atoms with Crippen LogP contribution in [0.4, 0.5) is 5.69 Å². The fourth-order valence-electron chi connectivity index (χ4n) is 5.12. The normalized spacial score (nSPS) is 22.2. The van der Waals surface area contributed by atoms with Crippen molar-refractivity contribution in [1.29, 1.82) is 0 Å². The zero-order chi connectivity index (χ0) is 21.2. The van der Waals surface area contributed by atoms with Crippen LogP contribution in [-0.4, -0.2) is 34.3 Å². The quantitative estimate of drug-likeness (QED) is 0.611. The smallest absolute Gasteiger partial charge is 0.251 e. The molecule has 1 saturated heterocycles. The largest absolute Gasteiger partial charge is 0.357 e. The number of imide groups is 1. The van der Waals surface area contributed by atoms with E-state index in [2.05, 4.69) is 16.8 Å². The molecule has 0 saturated carbocycles. The van der Waals surface area contributed by atoms with Crippen LogP contribution >= 0.6 is 11.6 Å². The molecule has 5 nitrogen and oxygen atoms in total. The summed E-state index contributed by atoms with van der Waals surface area (Å²) in [5.74, 6) is -0.254. The van der Waals surface area contributed by atoms with Crippen LogP contribution in [0.15, 0.2) is 36.4 Å². The van der Waals surface area contributed by atoms with Gasteiger partial charge in [-0.25, -0.2) is 4.90 Å². The number of anilines is 1. The minimum Gasteiger partial charge on any atom is -0.357 e. The lowest BCUT2D eigenvalue weighted by molar-refractivity contribution is -0.123. The van der Waals surface area contributed by atoms with E-state index in [1.807, 2.05) is 50.2 Å². The number of H-pyrrole nitrogens is 1. The Labute approximate surface area is 180 Å². The van der Waals surface area contributed by atoms with Gasteiger partial charge in [-0.3, -0.25) is 14.5 Å². The first-order valence-corrected chi connectivity index (χ1v) is 10.7. The first-order chi connectivity index (χ1) is 14.3. The summed E-state index contributed by atoms with van der Waals surface area (Å²) in [5, 5.41) is 1.87. The Morgan fingerprint density at radius 1 is 1.07 bits per heavy atom. The second-order valence-corrected chi connectivity index (χ2v) is 8.94. The number of aromatic nitrogens is 1. The highest BCUT2D eigenvalue weighted by atomic mass is 35.5. The molecule has 2 atom stereocenters. The van der Waals surface area contributed by atoms with Crippen molar-refractivity contribution in [1.82, 2.24) is 9.88 Å². The molecule has 6 heteroatoms. The molecule has 3 heterocycles. The molecule has 1 aromatic heterocycles. The van der Waals surface area contributed by atoms with Crippen LogP contribution in [0, 0.1) is 13.8 Å². The highest BCUT2D eigenvalue weighted by Gasteiger charge is 2.45. The number of aryl methyl sites for hydroxylation is 2. The molecule has 2 aliphatic heterocycles. The highest BCUT2D eigenvalue weighted by Crippen LogP contribution is 2.38. The van der Waals surface area contributed by atoms with E-state index in [-0.39, 0.29) is 24.3 Å². The van der Waals surface area contributed by atoms with Crippen molar-refractivity contribution in [3.05, 3.63) is 63.8 Å². The van der Waals surface area contributed by atoms with E-state index in [0.29, 0.717) is 5.69 Å². The molecule has 0 bridgehead atoms. The fraction of sp³-hybridized carbons (Fsp3) is 0.333. The maximum Gasteiger partial charge on any atom is 0.251 e. The first kappa shape index (κ1) is 19.3. The van der Waals surface area contributed by atoms with E-state index in [9.17, 15) is 9.59 Å². The van der Waals surface area contributed by atoms with Gasteiger partial charge in [0.1, 0.15) is 0 Å². The molecule has 1 fully saturated rings. The van der Waals surface area contributed by atoms with Gasteiger partial charge in [0, 0.05) is 34.2 Å². The van der Waals surface area contributed by atoms with Gasteiger partial charge >= 0.3 is 0 Å². The number of fused-ring (bicyclic) bond motifs is 3. The molecule has 2 unspecified atom stereocenters. The maximum atomic E-state index is 13.3. The molecule has 5 rings (SSSR count). The van der Waals surface area contributed by atoms with Crippen molar-refractivity contribution < 1.29 is 9.59 Å². The monoisotopic (exact) mass is 421 g/mol. The summed E-state index contributed by atoms with van der Waals surface area (Å²) in [6.45, 7) is 6.80. The molecule has 0 radical (unpaired) electrons. The second-order valence-electron chi connectivity index (χ2n) is 8.50. The van der Waals surface area contributed by atoms with Gasteiger partial charge in [0.05, 0.1) is 18.2 Å². The lowest BCUT2D eigenvalue weighted by Crippen LogP contribution is -2.46. The van der Waals surface area contributed by atoms with Crippen molar-refractivity contribution in [2.24, 2.45) is 0 Å². The third kappa shape index (κ3) is 2.96. The van der Waals surface area contributed by atoms with Crippen LogP contribution in [0.1, 0.15) is 41.8 Å². The standard InChI is InChI=1S/C24H24ClN3O2/c1-13-8-14(2)10-17(9-13)28-22(29)12-21(24(28)30)27-7-6-18-19-11-16(25)4-5-20(19)26-23(18)15(27)3/h4-5,8-11,15,21,26H,6-7,12H2,1-3H3. The topological polar surface area (TPSA) is 56.4 Å². The predicted molar refractivity (Wildman–Crippen MR) is 119 cm³/mol. The van der Waals surface area contributed by atoms with Gasteiger partial charge in [-0.1, -0.05) is 17.7 Å². The first-order valence-electron chi connectivity index (χ1n) is 10.3. The lowest BCUT2D eigenvalue weighted by atomic mass is 9.96. The van der Waals surface area contributed by atoms with Gasteiger partial charge in [-0.05, 0) is 74.2 Å². The van der Waals surface area contributed by atoms with Crippen LogP contribution in [0.3, 0.4) is 0 Å². The molecule has 1 N–H and O–H groups in total. The van der Waals surface area contributed by atoms with E-state index in [1.54, 1.807) is 0 Å².